The number of aryl methyl sites for hydroxylation is 1. The molecule has 3 aromatic carbocycles. The van der Waals surface area contributed by atoms with E-state index in [9.17, 15) is 9.18 Å². The van der Waals surface area contributed by atoms with Gasteiger partial charge in [0.2, 0.25) is 0 Å². The third-order valence-electron chi connectivity index (χ3n) is 5.87. The summed E-state index contributed by atoms with van der Waals surface area (Å²) >= 11 is 0. The molecule has 4 aromatic rings. The van der Waals surface area contributed by atoms with Crippen LogP contribution < -0.4 is 10.4 Å². The minimum Gasteiger partial charge on any atom is -0.478 e. The van der Waals surface area contributed by atoms with Crippen LogP contribution in [0.5, 0.6) is 5.75 Å². The fourth-order valence-electron chi connectivity index (χ4n) is 4.19. The number of rotatable bonds is 4. The van der Waals surface area contributed by atoms with Crippen LogP contribution in [0.15, 0.2) is 75.9 Å². The number of hydrogen-bond donors (Lipinski definition) is 0. The SMILES string of the molecule is Cc1c(-c2ccccc2)c(=O)oc2c3c(ccc12)OCN(CCc1ccc(F)cc1)C3. The summed E-state index contributed by atoms with van der Waals surface area (Å²) in [6.45, 7) is 3.81. The summed E-state index contributed by atoms with van der Waals surface area (Å²) in [5.74, 6) is 0.520. The van der Waals surface area contributed by atoms with Gasteiger partial charge in [0.1, 0.15) is 23.9 Å². The number of fused-ring (bicyclic) bond motifs is 3. The van der Waals surface area contributed by atoms with Gasteiger partial charge in [-0.3, -0.25) is 4.90 Å². The standard InChI is InChI=1S/C26H22FNO3/c1-17-21-11-12-23-22(25(21)31-26(29)24(17)19-5-3-2-4-6-19)15-28(16-30-23)14-13-18-7-9-20(27)10-8-18/h2-12H,13-16H2,1H3. The zero-order valence-electron chi connectivity index (χ0n) is 17.2. The highest BCUT2D eigenvalue weighted by atomic mass is 19.1. The van der Waals surface area contributed by atoms with Crippen LogP contribution in [0, 0.1) is 12.7 Å². The van der Waals surface area contributed by atoms with Gasteiger partial charge in [0.25, 0.3) is 0 Å². The Balaban J connectivity index is 1.47. The van der Waals surface area contributed by atoms with E-state index in [1.165, 1.54) is 12.1 Å². The first-order valence-electron chi connectivity index (χ1n) is 10.3. The summed E-state index contributed by atoms with van der Waals surface area (Å²) in [6.07, 6.45) is 0.783. The van der Waals surface area contributed by atoms with E-state index in [4.69, 9.17) is 9.15 Å². The molecular weight excluding hydrogens is 393 g/mol. The van der Waals surface area contributed by atoms with Crippen LogP contribution in [-0.4, -0.2) is 18.2 Å². The topological polar surface area (TPSA) is 42.7 Å². The van der Waals surface area contributed by atoms with E-state index >= 15 is 0 Å². The molecule has 1 aromatic heterocycles. The Morgan fingerprint density at radius 2 is 1.77 bits per heavy atom. The molecule has 0 saturated carbocycles. The van der Waals surface area contributed by atoms with Gasteiger partial charge in [0.15, 0.2) is 0 Å². The molecule has 0 fully saturated rings. The maximum absolute atomic E-state index is 13.1. The quantitative estimate of drug-likeness (QED) is 0.424. The summed E-state index contributed by atoms with van der Waals surface area (Å²) in [7, 11) is 0. The third-order valence-corrected chi connectivity index (χ3v) is 5.87. The predicted octanol–water partition coefficient (Wildman–Crippen LogP) is 5.30. The zero-order chi connectivity index (χ0) is 21.4. The third kappa shape index (κ3) is 3.73. The summed E-state index contributed by atoms with van der Waals surface area (Å²) < 4.78 is 24.9. The first-order chi connectivity index (χ1) is 15.1. The fourth-order valence-corrected chi connectivity index (χ4v) is 4.19. The molecule has 5 heteroatoms. The Kier molecular flexibility index (Phi) is 5.04. The maximum Gasteiger partial charge on any atom is 0.344 e. The highest BCUT2D eigenvalue weighted by Crippen LogP contribution is 2.35. The molecule has 2 heterocycles. The van der Waals surface area contributed by atoms with Crippen LogP contribution in [0.3, 0.4) is 0 Å². The highest BCUT2D eigenvalue weighted by Gasteiger charge is 2.23. The van der Waals surface area contributed by atoms with Crippen LogP contribution in [0.25, 0.3) is 22.1 Å². The molecule has 1 aliphatic heterocycles. The van der Waals surface area contributed by atoms with E-state index in [0.29, 0.717) is 24.4 Å². The van der Waals surface area contributed by atoms with E-state index in [0.717, 1.165) is 46.4 Å². The van der Waals surface area contributed by atoms with Gasteiger partial charge < -0.3 is 9.15 Å². The van der Waals surface area contributed by atoms with Crippen LogP contribution in [0.2, 0.25) is 0 Å². The smallest absolute Gasteiger partial charge is 0.344 e. The van der Waals surface area contributed by atoms with E-state index in [2.05, 4.69) is 4.90 Å². The van der Waals surface area contributed by atoms with Crippen LogP contribution in [0.1, 0.15) is 16.7 Å². The minimum atomic E-state index is -0.340. The van der Waals surface area contributed by atoms with E-state index < -0.39 is 0 Å². The van der Waals surface area contributed by atoms with Gasteiger partial charge in [0.05, 0.1) is 11.1 Å². The lowest BCUT2D eigenvalue weighted by Gasteiger charge is -2.29. The molecule has 5 rings (SSSR count). The molecule has 1 aliphatic rings. The Bertz CT molecular complexity index is 1300. The van der Waals surface area contributed by atoms with Crippen molar-refractivity contribution in [1.29, 1.82) is 0 Å². The lowest BCUT2D eigenvalue weighted by molar-refractivity contribution is 0.0968. The first kappa shape index (κ1) is 19.5. The van der Waals surface area contributed by atoms with E-state index in [1.807, 2.05) is 49.4 Å². The summed E-state index contributed by atoms with van der Waals surface area (Å²) in [5.41, 5.74) is 4.56. The molecule has 0 atom stereocenters. The maximum atomic E-state index is 13.1. The number of ether oxygens (including phenoxy) is 1. The Morgan fingerprint density at radius 3 is 2.55 bits per heavy atom. The zero-order valence-corrected chi connectivity index (χ0v) is 17.2. The van der Waals surface area contributed by atoms with Gasteiger partial charge in [-0.15, -0.1) is 0 Å². The van der Waals surface area contributed by atoms with E-state index in [-0.39, 0.29) is 11.4 Å². The number of nitrogens with zero attached hydrogens (tertiary/aromatic N) is 1. The monoisotopic (exact) mass is 415 g/mol. The summed E-state index contributed by atoms with van der Waals surface area (Å²) in [6, 6.07) is 20.1. The molecule has 0 radical (unpaired) electrons. The fraction of sp³-hybridized carbons (Fsp3) is 0.192. The van der Waals surface area contributed by atoms with Crippen molar-refractivity contribution in [3.05, 3.63) is 99.7 Å². The van der Waals surface area contributed by atoms with E-state index in [1.54, 1.807) is 12.1 Å². The average molecular weight is 415 g/mol. The van der Waals surface area contributed by atoms with Gasteiger partial charge in [-0.25, -0.2) is 9.18 Å². The summed E-state index contributed by atoms with van der Waals surface area (Å²) in [4.78, 5) is 15.1. The lowest BCUT2D eigenvalue weighted by atomic mass is 9.97. The van der Waals surface area contributed by atoms with Crippen molar-refractivity contribution in [3.8, 4) is 16.9 Å². The molecule has 4 nitrogen and oxygen atoms in total. The molecule has 0 amide bonds. The van der Waals surface area contributed by atoms with Crippen LogP contribution in [0.4, 0.5) is 4.39 Å². The second-order valence-corrected chi connectivity index (χ2v) is 7.88. The molecule has 0 N–H and O–H groups in total. The van der Waals surface area contributed by atoms with Crippen molar-refractivity contribution >= 4 is 11.0 Å². The largest absolute Gasteiger partial charge is 0.478 e. The normalized spacial score (nSPS) is 13.7. The second kappa shape index (κ2) is 8.00. The lowest BCUT2D eigenvalue weighted by Crippen LogP contribution is -2.33. The molecular formula is C26H22FNO3. The van der Waals surface area contributed by atoms with Crippen molar-refractivity contribution in [2.75, 3.05) is 13.3 Å². The predicted molar refractivity (Wildman–Crippen MR) is 119 cm³/mol. The van der Waals surface area contributed by atoms with Crippen LogP contribution >= 0.6 is 0 Å². The van der Waals surface area contributed by atoms with Crippen molar-refractivity contribution in [2.24, 2.45) is 0 Å². The van der Waals surface area contributed by atoms with Crippen LogP contribution in [-0.2, 0) is 13.0 Å². The highest BCUT2D eigenvalue weighted by molar-refractivity contribution is 5.90. The molecule has 0 aliphatic carbocycles. The van der Waals surface area contributed by atoms with Crippen molar-refractivity contribution < 1.29 is 13.5 Å². The molecule has 0 unspecified atom stereocenters. The molecule has 0 saturated heterocycles. The van der Waals surface area contributed by atoms with Crippen molar-refractivity contribution in [1.82, 2.24) is 4.90 Å². The Morgan fingerprint density at radius 1 is 1.00 bits per heavy atom. The van der Waals surface area contributed by atoms with Crippen molar-refractivity contribution in [2.45, 2.75) is 19.9 Å². The molecule has 31 heavy (non-hydrogen) atoms. The van der Waals surface area contributed by atoms with Crippen molar-refractivity contribution in [3.63, 3.8) is 0 Å². The Hall–Kier alpha value is -3.44. The average Bonchev–Trinajstić information content (AvgIpc) is 2.79. The van der Waals surface area contributed by atoms with Gasteiger partial charge in [-0.1, -0.05) is 42.5 Å². The molecule has 156 valence electrons. The van der Waals surface area contributed by atoms with Gasteiger partial charge in [-0.2, -0.15) is 0 Å². The number of hydrogen-bond acceptors (Lipinski definition) is 4. The van der Waals surface area contributed by atoms with Gasteiger partial charge >= 0.3 is 5.63 Å². The first-order valence-corrected chi connectivity index (χ1v) is 10.3. The number of halogens is 1. The Labute approximate surface area is 179 Å². The van der Waals surface area contributed by atoms with Gasteiger partial charge in [0, 0.05) is 18.5 Å². The molecule has 0 bridgehead atoms. The summed E-state index contributed by atoms with van der Waals surface area (Å²) in [5, 5.41) is 0.918. The second-order valence-electron chi connectivity index (χ2n) is 7.88. The number of benzene rings is 3. The minimum absolute atomic E-state index is 0.231. The molecule has 0 spiro atoms. The van der Waals surface area contributed by atoms with Gasteiger partial charge in [-0.05, 0) is 54.3 Å².